The maximum atomic E-state index is 12.2. The van der Waals surface area contributed by atoms with Crippen LogP contribution in [0.5, 0.6) is 0 Å². The maximum absolute atomic E-state index is 12.2. The molecule has 8 heteroatoms. The van der Waals surface area contributed by atoms with Gasteiger partial charge in [0.05, 0.1) is 26.2 Å². The van der Waals surface area contributed by atoms with Crippen molar-refractivity contribution in [2.75, 3.05) is 6.61 Å². The molecule has 0 aliphatic carbocycles. The second-order valence-corrected chi connectivity index (χ2v) is 8.19. The van der Waals surface area contributed by atoms with Gasteiger partial charge >= 0.3 is 10.8 Å². The van der Waals surface area contributed by atoms with Gasteiger partial charge in [0.1, 0.15) is 6.61 Å². The number of rotatable bonds is 1. The Bertz CT molecular complexity index is 832. The van der Waals surface area contributed by atoms with Crippen LogP contribution in [0.4, 0.5) is 0 Å². The molecular weight excluding hydrogens is 365 g/mol. The van der Waals surface area contributed by atoms with Gasteiger partial charge in [-0.2, -0.15) is 0 Å². The molecule has 22 heavy (non-hydrogen) atoms. The van der Waals surface area contributed by atoms with E-state index in [1.54, 1.807) is 12.1 Å². The standard InChI is InChI=1S/C14H9Cl2NO3S2/c15-6-3-1-2-5(10(6)16)8-9-7(4-20-13(9)18)21-12-11(8)22-14(19)17-12/h1-3,7-9H,4H2,(H,17,19)/t7-,8-,9+/m1/s1. The molecule has 0 amide bonds. The predicted octanol–water partition coefficient (Wildman–Crippen LogP) is 3.52. The smallest absolute Gasteiger partial charge is 0.311 e. The number of aromatic amines is 1. The number of halogens is 2. The van der Waals surface area contributed by atoms with E-state index in [1.807, 2.05) is 6.07 Å². The van der Waals surface area contributed by atoms with Crippen molar-refractivity contribution < 1.29 is 9.53 Å². The molecule has 3 heterocycles. The van der Waals surface area contributed by atoms with Gasteiger partial charge in [-0.25, -0.2) is 0 Å². The van der Waals surface area contributed by atoms with Gasteiger partial charge < -0.3 is 9.72 Å². The van der Waals surface area contributed by atoms with Crippen molar-refractivity contribution in [3.63, 3.8) is 0 Å². The zero-order valence-electron chi connectivity index (χ0n) is 11.0. The van der Waals surface area contributed by atoms with E-state index in [-0.39, 0.29) is 27.9 Å². The SMILES string of the molecule is O=C1OC[C@H]2Sc3[nH]c(=O)sc3[C@H](c3cccc(Cl)c3Cl)[C@@H]12. The number of thiazole rings is 1. The van der Waals surface area contributed by atoms with Gasteiger partial charge in [0.25, 0.3) is 0 Å². The summed E-state index contributed by atoms with van der Waals surface area (Å²) < 4.78 is 5.23. The molecule has 1 N–H and O–H groups in total. The van der Waals surface area contributed by atoms with Crippen LogP contribution in [-0.2, 0) is 9.53 Å². The molecule has 0 unspecified atom stereocenters. The number of cyclic esters (lactones) is 1. The first-order valence-corrected chi connectivity index (χ1v) is 9.01. The van der Waals surface area contributed by atoms with Crippen LogP contribution < -0.4 is 4.87 Å². The molecule has 2 aliphatic heterocycles. The molecule has 1 saturated heterocycles. The minimum absolute atomic E-state index is 0.0229. The average Bonchev–Trinajstić information content (AvgIpc) is 3.02. The number of hydrogen-bond donors (Lipinski definition) is 1. The molecular formula is C14H9Cl2NO3S2. The fraction of sp³-hybridized carbons (Fsp3) is 0.286. The fourth-order valence-electron chi connectivity index (χ4n) is 3.00. The molecule has 114 valence electrons. The fourth-order valence-corrected chi connectivity index (χ4v) is 5.91. The quantitative estimate of drug-likeness (QED) is 0.776. The summed E-state index contributed by atoms with van der Waals surface area (Å²) in [6, 6.07) is 5.36. The van der Waals surface area contributed by atoms with Crippen LogP contribution in [0.3, 0.4) is 0 Å². The summed E-state index contributed by atoms with van der Waals surface area (Å²) in [4.78, 5) is 27.5. The summed E-state index contributed by atoms with van der Waals surface area (Å²) in [5.74, 6) is -0.892. The van der Waals surface area contributed by atoms with Gasteiger partial charge in [-0.15, -0.1) is 0 Å². The first-order chi connectivity index (χ1) is 10.6. The largest absolute Gasteiger partial charge is 0.464 e. The van der Waals surface area contributed by atoms with Crippen molar-refractivity contribution in [1.82, 2.24) is 4.98 Å². The second-order valence-electron chi connectivity index (χ2n) is 5.14. The third-order valence-corrected chi connectivity index (χ3v) is 7.15. The molecule has 2 aliphatic rings. The van der Waals surface area contributed by atoms with Gasteiger partial charge in [-0.3, -0.25) is 9.59 Å². The van der Waals surface area contributed by atoms with E-state index in [0.29, 0.717) is 16.7 Å². The van der Waals surface area contributed by atoms with Crippen LogP contribution in [0.15, 0.2) is 28.0 Å². The van der Waals surface area contributed by atoms with E-state index >= 15 is 0 Å². The molecule has 2 aromatic rings. The molecule has 4 rings (SSSR count). The van der Waals surface area contributed by atoms with Crippen molar-refractivity contribution in [1.29, 1.82) is 0 Å². The predicted molar refractivity (Wildman–Crippen MR) is 87.3 cm³/mol. The Labute approximate surface area is 143 Å². The van der Waals surface area contributed by atoms with E-state index in [1.165, 1.54) is 11.8 Å². The molecule has 0 radical (unpaired) electrons. The van der Waals surface area contributed by atoms with Crippen LogP contribution in [0.2, 0.25) is 10.0 Å². The number of esters is 1. The molecule has 0 spiro atoms. The highest BCUT2D eigenvalue weighted by molar-refractivity contribution is 8.00. The third-order valence-electron chi connectivity index (χ3n) is 3.93. The van der Waals surface area contributed by atoms with Gasteiger partial charge in [0.2, 0.25) is 0 Å². The van der Waals surface area contributed by atoms with Crippen molar-refractivity contribution >= 4 is 52.3 Å². The van der Waals surface area contributed by atoms with Crippen LogP contribution in [0.1, 0.15) is 16.4 Å². The van der Waals surface area contributed by atoms with E-state index in [4.69, 9.17) is 27.9 Å². The lowest BCUT2D eigenvalue weighted by Gasteiger charge is -2.30. The van der Waals surface area contributed by atoms with Crippen LogP contribution in [0, 0.1) is 5.92 Å². The number of benzene rings is 1. The molecule has 1 fully saturated rings. The molecule has 4 nitrogen and oxygen atoms in total. The number of carbonyl (C=O) groups is 1. The van der Waals surface area contributed by atoms with Gasteiger partial charge in [-0.05, 0) is 11.6 Å². The summed E-state index contributed by atoms with van der Waals surface area (Å²) >= 11 is 15.1. The van der Waals surface area contributed by atoms with Crippen LogP contribution >= 0.6 is 46.3 Å². The summed E-state index contributed by atoms with van der Waals surface area (Å²) in [5.41, 5.74) is 0.764. The Morgan fingerprint density at radius 3 is 2.91 bits per heavy atom. The minimum atomic E-state index is -0.347. The Hall–Kier alpha value is -0.950. The van der Waals surface area contributed by atoms with E-state index in [9.17, 15) is 9.59 Å². The van der Waals surface area contributed by atoms with Crippen LogP contribution in [-0.4, -0.2) is 22.8 Å². The summed E-state index contributed by atoms with van der Waals surface area (Å²) in [5, 5.41) is 1.64. The van der Waals surface area contributed by atoms with Crippen molar-refractivity contribution in [3.05, 3.63) is 48.4 Å². The second kappa shape index (κ2) is 5.30. The number of thioether (sulfide) groups is 1. The minimum Gasteiger partial charge on any atom is -0.464 e. The highest BCUT2D eigenvalue weighted by atomic mass is 35.5. The van der Waals surface area contributed by atoms with Gasteiger partial charge in [0, 0.05) is 10.8 Å². The average molecular weight is 374 g/mol. The Morgan fingerprint density at radius 2 is 2.09 bits per heavy atom. The van der Waals surface area contributed by atoms with E-state index < -0.39 is 0 Å². The Morgan fingerprint density at radius 1 is 1.27 bits per heavy atom. The van der Waals surface area contributed by atoms with Crippen LogP contribution in [0.25, 0.3) is 0 Å². The number of nitrogens with one attached hydrogen (secondary N) is 1. The molecule has 3 atom stereocenters. The van der Waals surface area contributed by atoms with Crippen molar-refractivity contribution in [3.8, 4) is 0 Å². The lowest BCUT2D eigenvalue weighted by atomic mass is 9.83. The zero-order valence-corrected chi connectivity index (χ0v) is 14.1. The lowest BCUT2D eigenvalue weighted by Crippen LogP contribution is -2.30. The number of fused-ring (bicyclic) bond motifs is 2. The summed E-state index contributed by atoms with van der Waals surface area (Å²) in [6.07, 6.45) is 0. The number of H-pyrrole nitrogens is 1. The van der Waals surface area contributed by atoms with Gasteiger partial charge in [0.15, 0.2) is 0 Å². The lowest BCUT2D eigenvalue weighted by molar-refractivity contribution is -0.141. The first kappa shape index (κ1) is 14.6. The van der Waals surface area contributed by atoms with Crippen molar-refractivity contribution in [2.24, 2.45) is 5.92 Å². The summed E-state index contributed by atoms with van der Waals surface area (Å²) in [6.45, 7) is 0.347. The molecule has 0 saturated carbocycles. The Kier molecular flexibility index (Phi) is 3.52. The third kappa shape index (κ3) is 2.12. The van der Waals surface area contributed by atoms with E-state index in [0.717, 1.165) is 26.8 Å². The first-order valence-electron chi connectivity index (χ1n) is 6.56. The highest BCUT2D eigenvalue weighted by Gasteiger charge is 2.49. The number of hydrogen-bond acceptors (Lipinski definition) is 5. The highest BCUT2D eigenvalue weighted by Crippen LogP contribution is 2.53. The summed E-state index contributed by atoms with van der Waals surface area (Å²) in [7, 11) is 0. The zero-order chi connectivity index (χ0) is 15.4. The maximum Gasteiger partial charge on any atom is 0.311 e. The number of ether oxygens (including phenoxy) is 1. The van der Waals surface area contributed by atoms with E-state index in [2.05, 4.69) is 4.98 Å². The topological polar surface area (TPSA) is 59.2 Å². The van der Waals surface area contributed by atoms with Gasteiger partial charge in [-0.1, -0.05) is 58.4 Å². The number of carbonyl (C=O) groups excluding carboxylic acids is 1. The van der Waals surface area contributed by atoms with Crippen molar-refractivity contribution in [2.45, 2.75) is 16.2 Å². The normalized spacial score (nSPS) is 26.5. The number of aromatic nitrogens is 1. The molecule has 1 aromatic heterocycles. The molecule has 0 bridgehead atoms. The monoisotopic (exact) mass is 373 g/mol. The Balaban J connectivity index is 1.95. The molecule has 1 aromatic carbocycles.